The molecule has 1 aromatic rings. The standard InChI is InChI=1S/C7H5ClN2O2S/c8-6-3-1-2-4-7(6)13(11,12)5-10-9/h1-5H. The maximum absolute atomic E-state index is 11.3. The summed E-state index contributed by atoms with van der Waals surface area (Å²) in [5.41, 5.74) is 8.54. The van der Waals surface area contributed by atoms with E-state index >= 15 is 0 Å². The Morgan fingerprint density at radius 1 is 1.38 bits per heavy atom. The van der Waals surface area contributed by atoms with Crippen molar-refractivity contribution in [3.8, 4) is 0 Å². The largest absolute Gasteiger partial charge is 0.374 e. The fourth-order valence-electron chi connectivity index (χ4n) is 0.794. The fourth-order valence-corrected chi connectivity index (χ4v) is 2.10. The Bertz CT molecular complexity index is 463. The molecule has 0 bridgehead atoms. The van der Waals surface area contributed by atoms with E-state index in [9.17, 15) is 8.42 Å². The van der Waals surface area contributed by atoms with E-state index in [0.29, 0.717) is 5.55 Å². The summed E-state index contributed by atoms with van der Waals surface area (Å²) in [7, 11) is -3.71. The summed E-state index contributed by atoms with van der Waals surface area (Å²) in [6, 6.07) is 5.92. The second-order valence-corrected chi connectivity index (χ2v) is 4.34. The van der Waals surface area contributed by atoms with Crippen LogP contribution in [0.15, 0.2) is 29.2 Å². The van der Waals surface area contributed by atoms with Crippen LogP contribution in [-0.2, 0) is 9.84 Å². The molecule has 0 aliphatic rings. The Hall–Kier alpha value is -1.16. The minimum atomic E-state index is -3.71. The first kappa shape index (κ1) is 9.92. The summed E-state index contributed by atoms with van der Waals surface area (Å²) in [6.07, 6.45) is 0. The van der Waals surface area contributed by atoms with E-state index in [2.05, 4.69) is 4.79 Å². The van der Waals surface area contributed by atoms with Crippen molar-refractivity contribution in [2.45, 2.75) is 4.90 Å². The molecule has 0 saturated carbocycles. The zero-order valence-electron chi connectivity index (χ0n) is 6.38. The third-order valence-corrected chi connectivity index (χ3v) is 3.11. The monoisotopic (exact) mass is 216 g/mol. The van der Waals surface area contributed by atoms with Gasteiger partial charge in [0.05, 0.1) is 9.92 Å². The fraction of sp³-hybridized carbons (Fsp3) is 0. The van der Waals surface area contributed by atoms with Gasteiger partial charge in [0.15, 0.2) is 0 Å². The number of rotatable bonds is 2. The number of sulfone groups is 1. The highest BCUT2D eigenvalue weighted by Crippen LogP contribution is 2.19. The van der Waals surface area contributed by atoms with Gasteiger partial charge in [0.25, 0.3) is 9.84 Å². The molecule has 0 amide bonds. The molecule has 68 valence electrons. The van der Waals surface area contributed by atoms with Crippen LogP contribution >= 0.6 is 11.6 Å². The molecule has 0 aliphatic carbocycles. The molecule has 0 radical (unpaired) electrons. The number of benzene rings is 1. The molecule has 0 unspecified atom stereocenters. The van der Waals surface area contributed by atoms with Crippen molar-refractivity contribution in [2.24, 2.45) is 0 Å². The average molecular weight is 217 g/mol. The maximum Gasteiger partial charge on any atom is 0.374 e. The van der Waals surface area contributed by atoms with Crippen molar-refractivity contribution in [3.63, 3.8) is 0 Å². The van der Waals surface area contributed by atoms with Crippen molar-refractivity contribution in [3.05, 3.63) is 34.8 Å². The Morgan fingerprint density at radius 2 is 2.00 bits per heavy atom. The summed E-state index contributed by atoms with van der Waals surface area (Å²) < 4.78 is 22.5. The van der Waals surface area contributed by atoms with Gasteiger partial charge in [-0.2, -0.15) is 4.79 Å². The minimum Gasteiger partial charge on any atom is -0.361 e. The molecule has 0 spiro atoms. The predicted octanol–water partition coefficient (Wildman–Crippen LogP) is 1.37. The summed E-state index contributed by atoms with van der Waals surface area (Å²) in [4.78, 5) is 2.38. The second-order valence-electron chi connectivity index (χ2n) is 2.20. The lowest BCUT2D eigenvalue weighted by Crippen LogP contribution is -2.02. The lowest BCUT2D eigenvalue weighted by molar-refractivity contribution is 0.00754. The van der Waals surface area contributed by atoms with Crippen LogP contribution in [-0.4, -0.2) is 18.8 Å². The minimum absolute atomic E-state index is 0.0746. The number of hydrogen-bond donors (Lipinski definition) is 0. The van der Waals surface area contributed by atoms with Crippen LogP contribution in [0, 0.1) is 0 Å². The lowest BCUT2D eigenvalue weighted by Gasteiger charge is -1.96. The predicted molar refractivity (Wildman–Crippen MR) is 48.3 cm³/mol. The first-order valence-corrected chi connectivity index (χ1v) is 5.17. The quantitative estimate of drug-likeness (QED) is 0.324. The van der Waals surface area contributed by atoms with Crippen LogP contribution < -0.4 is 0 Å². The van der Waals surface area contributed by atoms with E-state index in [1.54, 1.807) is 6.07 Å². The molecule has 0 aromatic heterocycles. The molecular weight excluding hydrogens is 212 g/mol. The Morgan fingerprint density at radius 3 is 2.54 bits per heavy atom. The van der Waals surface area contributed by atoms with E-state index in [4.69, 9.17) is 17.1 Å². The van der Waals surface area contributed by atoms with E-state index in [0.717, 1.165) is 0 Å². The Balaban J connectivity index is 3.39. The summed E-state index contributed by atoms with van der Waals surface area (Å²) in [6.45, 7) is 0. The van der Waals surface area contributed by atoms with E-state index < -0.39 is 9.84 Å². The van der Waals surface area contributed by atoms with Gasteiger partial charge in [0.2, 0.25) is 0 Å². The van der Waals surface area contributed by atoms with Crippen LogP contribution in [0.25, 0.3) is 5.53 Å². The SMILES string of the molecule is [N-]=[N+]=CS(=O)(=O)c1ccccc1Cl. The smallest absolute Gasteiger partial charge is 0.361 e. The highest BCUT2D eigenvalue weighted by molar-refractivity contribution is 8.04. The van der Waals surface area contributed by atoms with Crippen molar-refractivity contribution in [1.82, 2.24) is 0 Å². The molecule has 6 heteroatoms. The van der Waals surface area contributed by atoms with Gasteiger partial charge in [-0.25, -0.2) is 8.42 Å². The molecule has 0 aliphatic heterocycles. The summed E-state index contributed by atoms with van der Waals surface area (Å²) >= 11 is 5.62. The first-order chi connectivity index (χ1) is 6.08. The van der Waals surface area contributed by atoms with Crippen molar-refractivity contribution >= 4 is 27.0 Å². The van der Waals surface area contributed by atoms with Gasteiger partial charge in [0.1, 0.15) is 0 Å². The summed E-state index contributed by atoms with van der Waals surface area (Å²) in [5, 5.41) is 0.0994. The highest BCUT2D eigenvalue weighted by Gasteiger charge is 2.18. The second kappa shape index (κ2) is 3.70. The first-order valence-electron chi connectivity index (χ1n) is 3.25. The van der Waals surface area contributed by atoms with Crippen LogP contribution in [0.2, 0.25) is 5.02 Å². The van der Waals surface area contributed by atoms with Gasteiger partial charge >= 0.3 is 5.55 Å². The van der Waals surface area contributed by atoms with Crippen LogP contribution in [0.5, 0.6) is 0 Å². The third kappa shape index (κ3) is 2.15. The van der Waals surface area contributed by atoms with Crippen LogP contribution in [0.1, 0.15) is 0 Å². The number of hydrogen-bond acceptors (Lipinski definition) is 2. The van der Waals surface area contributed by atoms with Gasteiger partial charge in [-0.05, 0) is 12.1 Å². The summed E-state index contributed by atoms with van der Waals surface area (Å²) in [5.74, 6) is 0. The normalized spacial score (nSPS) is 10.5. The molecule has 0 saturated heterocycles. The van der Waals surface area contributed by atoms with Gasteiger partial charge in [0, 0.05) is 0 Å². The highest BCUT2D eigenvalue weighted by atomic mass is 35.5. The molecule has 0 heterocycles. The number of nitrogens with zero attached hydrogens (tertiary/aromatic N) is 2. The van der Waals surface area contributed by atoms with Crippen LogP contribution in [0.4, 0.5) is 0 Å². The van der Waals surface area contributed by atoms with Crippen molar-refractivity contribution in [2.75, 3.05) is 0 Å². The zero-order valence-corrected chi connectivity index (χ0v) is 7.96. The molecule has 0 N–H and O–H groups in total. The molecule has 0 fully saturated rings. The molecule has 0 atom stereocenters. The van der Waals surface area contributed by atoms with Gasteiger partial charge in [-0.1, -0.05) is 23.7 Å². The van der Waals surface area contributed by atoms with Gasteiger partial charge in [-0.3, -0.25) is 0 Å². The van der Waals surface area contributed by atoms with Crippen LogP contribution in [0.3, 0.4) is 0 Å². The van der Waals surface area contributed by atoms with Gasteiger partial charge in [-0.15, -0.1) is 0 Å². The molecule has 4 nitrogen and oxygen atoms in total. The Labute approximate surface area is 80.3 Å². The number of halogens is 1. The average Bonchev–Trinajstić information content (AvgIpc) is 2.04. The third-order valence-electron chi connectivity index (χ3n) is 1.33. The van der Waals surface area contributed by atoms with E-state index in [1.807, 2.05) is 0 Å². The van der Waals surface area contributed by atoms with E-state index in [1.165, 1.54) is 18.2 Å². The molecule has 1 rings (SSSR count). The lowest BCUT2D eigenvalue weighted by atomic mass is 10.4. The zero-order chi connectivity index (χ0) is 9.90. The Kier molecular flexibility index (Phi) is 2.83. The molecular formula is C7H5ClN2O2S. The van der Waals surface area contributed by atoms with E-state index in [-0.39, 0.29) is 9.92 Å². The maximum atomic E-state index is 11.3. The molecule has 1 aromatic carbocycles. The molecule has 13 heavy (non-hydrogen) atoms. The topological polar surface area (TPSA) is 70.5 Å². The van der Waals surface area contributed by atoms with Crippen molar-refractivity contribution in [1.29, 1.82) is 0 Å². The van der Waals surface area contributed by atoms with Gasteiger partial charge < -0.3 is 5.53 Å². The van der Waals surface area contributed by atoms with Crippen molar-refractivity contribution < 1.29 is 13.2 Å².